The summed E-state index contributed by atoms with van der Waals surface area (Å²) in [5, 5.41) is 2.23. The van der Waals surface area contributed by atoms with Crippen molar-refractivity contribution in [1.82, 2.24) is 5.32 Å². The molecule has 0 bridgehead atoms. The molecule has 10 heavy (non-hydrogen) atoms. The first-order chi connectivity index (χ1) is 4.21. The van der Waals surface area contributed by atoms with Crippen LogP contribution in [-0.2, 0) is 0 Å². The van der Waals surface area contributed by atoms with Crippen LogP contribution in [0, 0.1) is 6.92 Å². The first kappa shape index (κ1) is 9.75. The molecule has 4 heteroatoms. The van der Waals surface area contributed by atoms with Crippen LogP contribution in [0.15, 0.2) is 0 Å². The lowest BCUT2D eigenvalue weighted by Crippen LogP contribution is -2.42. The molecule has 0 aromatic rings. The lowest BCUT2D eigenvalue weighted by molar-refractivity contribution is -0.127. The number of hydrogen-bond acceptors (Lipinski definition) is 1. The predicted octanol–water partition coefficient (Wildman–Crippen LogP) is 1.75. The van der Waals surface area contributed by atoms with Crippen LogP contribution in [0.1, 0.15) is 13.8 Å². The summed E-state index contributed by atoms with van der Waals surface area (Å²) in [6.45, 7) is 5.64. The Balaban J connectivity index is 3.56. The third-order valence-electron chi connectivity index (χ3n) is 0.767. The molecule has 1 nitrogen and oxygen atoms in total. The van der Waals surface area contributed by atoms with Crippen molar-refractivity contribution < 1.29 is 13.2 Å². The molecule has 0 rings (SSSR count). The first-order valence-corrected chi connectivity index (χ1v) is 2.88. The van der Waals surface area contributed by atoms with Crippen LogP contribution < -0.4 is 5.32 Å². The number of rotatable bonds is 2. The maximum absolute atomic E-state index is 11.5. The summed E-state index contributed by atoms with van der Waals surface area (Å²) in [6, 6.07) is 0. The number of hydrogen-bond donors (Lipinski definition) is 1. The molecule has 0 heterocycles. The SMILES string of the molecule is [CH2]C(C)(C)NCC(F)(F)F. The summed E-state index contributed by atoms with van der Waals surface area (Å²) in [6.07, 6.45) is -4.14. The van der Waals surface area contributed by atoms with Gasteiger partial charge in [-0.15, -0.1) is 0 Å². The van der Waals surface area contributed by atoms with E-state index in [0.717, 1.165) is 0 Å². The van der Waals surface area contributed by atoms with Gasteiger partial charge in [-0.25, -0.2) is 0 Å². The van der Waals surface area contributed by atoms with Gasteiger partial charge in [0.1, 0.15) is 0 Å². The van der Waals surface area contributed by atoms with E-state index in [0.29, 0.717) is 0 Å². The van der Waals surface area contributed by atoms with E-state index in [4.69, 9.17) is 0 Å². The van der Waals surface area contributed by atoms with E-state index in [1.807, 2.05) is 0 Å². The van der Waals surface area contributed by atoms with Gasteiger partial charge in [-0.3, -0.25) is 0 Å². The summed E-state index contributed by atoms with van der Waals surface area (Å²) in [7, 11) is 0. The molecule has 0 saturated heterocycles. The zero-order valence-electron chi connectivity index (χ0n) is 6.05. The molecule has 61 valence electrons. The highest BCUT2D eigenvalue weighted by Gasteiger charge is 2.28. The van der Waals surface area contributed by atoms with Gasteiger partial charge in [-0.1, -0.05) is 0 Å². The molecule has 0 aromatic carbocycles. The maximum atomic E-state index is 11.5. The summed E-state index contributed by atoms with van der Waals surface area (Å²) < 4.78 is 34.5. The quantitative estimate of drug-likeness (QED) is 0.639. The molecule has 0 aliphatic heterocycles. The number of alkyl halides is 3. The average molecular weight is 154 g/mol. The lowest BCUT2D eigenvalue weighted by Gasteiger charge is -2.21. The molecule has 1 N–H and O–H groups in total. The molecular formula is C6H11F3N. The minimum absolute atomic E-state index is 0.713. The van der Waals surface area contributed by atoms with Crippen molar-refractivity contribution in [2.45, 2.75) is 25.6 Å². The Morgan fingerprint density at radius 2 is 1.70 bits per heavy atom. The summed E-state index contributed by atoms with van der Waals surface area (Å²) in [5.41, 5.74) is -0.713. The van der Waals surface area contributed by atoms with Gasteiger partial charge in [0.15, 0.2) is 0 Å². The zero-order chi connectivity index (χ0) is 8.41. The van der Waals surface area contributed by atoms with Crippen molar-refractivity contribution in [1.29, 1.82) is 0 Å². The maximum Gasteiger partial charge on any atom is 0.401 e. The fraction of sp³-hybridized carbons (Fsp3) is 0.833. The van der Waals surface area contributed by atoms with Crippen LogP contribution in [0.5, 0.6) is 0 Å². The Morgan fingerprint density at radius 3 is 1.80 bits per heavy atom. The third kappa shape index (κ3) is 7.75. The van der Waals surface area contributed by atoms with Gasteiger partial charge in [0.05, 0.1) is 6.54 Å². The average Bonchev–Trinajstić information content (AvgIpc) is 1.57. The lowest BCUT2D eigenvalue weighted by atomic mass is 10.1. The molecule has 0 aliphatic rings. The molecule has 1 radical (unpaired) electrons. The third-order valence-corrected chi connectivity index (χ3v) is 0.767. The fourth-order valence-electron chi connectivity index (χ4n) is 0.339. The van der Waals surface area contributed by atoms with Crippen LogP contribution in [0.3, 0.4) is 0 Å². The van der Waals surface area contributed by atoms with Crippen molar-refractivity contribution >= 4 is 0 Å². The molecule has 0 aliphatic carbocycles. The summed E-state index contributed by atoms with van der Waals surface area (Å²) >= 11 is 0. The van der Waals surface area contributed by atoms with Crippen molar-refractivity contribution in [3.8, 4) is 0 Å². The highest BCUT2D eigenvalue weighted by Crippen LogP contribution is 2.13. The Morgan fingerprint density at radius 1 is 1.30 bits per heavy atom. The van der Waals surface area contributed by atoms with Crippen molar-refractivity contribution in [3.63, 3.8) is 0 Å². The van der Waals surface area contributed by atoms with Crippen LogP contribution in [0.2, 0.25) is 0 Å². The molecule has 0 saturated carbocycles. The second-order valence-electron chi connectivity index (χ2n) is 2.85. The highest BCUT2D eigenvalue weighted by atomic mass is 19.4. The van der Waals surface area contributed by atoms with Crippen LogP contribution in [-0.4, -0.2) is 18.3 Å². The van der Waals surface area contributed by atoms with E-state index < -0.39 is 18.3 Å². The van der Waals surface area contributed by atoms with E-state index in [9.17, 15) is 13.2 Å². The van der Waals surface area contributed by atoms with E-state index >= 15 is 0 Å². The van der Waals surface area contributed by atoms with E-state index in [-0.39, 0.29) is 0 Å². The fourth-order valence-corrected chi connectivity index (χ4v) is 0.339. The van der Waals surface area contributed by atoms with Crippen LogP contribution >= 0.6 is 0 Å². The number of halogens is 3. The van der Waals surface area contributed by atoms with Gasteiger partial charge >= 0.3 is 6.18 Å². The van der Waals surface area contributed by atoms with Gasteiger partial charge in [0, 0.05) is 5.54 Å². The smallest absolute Gasteiger partial charge is 0.304 e. The summed E-state index contributed by atoms with van der Waals surface area (Å²) in [4.78, 5) is 0. The Hall–Kier alpha value is -0.250. The summed E-state index contributed by atoms with van der Waals surface area (Å²) in [5.74, 6) is 0. The van der Waals surface area contributed by atoms with E-state index in [1.54, 1.807) is 13.8 Å². The zero-order valence-corrected chi connectivity index (χ0v) is 6.05. The molecule has 0 unspecified atom stereocenters. The monoisotopic (exact) mass is 154 g/mol. The van der Waals surface area contributed by atoms with Gasteiger partial charge in [0.25, 0.3) is 0 Å². The normalized spacial score (nSPS) is 13.8. The van der Waals surface area contributed by atoms with Crippen molar-refractivity contribution in [3.05, 3.63) is 6.92 Å². The standard InChI is InChI=1S/C6H11F3N/c1-5(2,3)10-4-6(7,8)9/h10H,1,4H2,2-3H3. The molecular weight excluding hydrogens is 143 g/mol. The topological polar surface area (TPSA) is 12.0 Å². The predicted molar refractivity (Wildman–Crippen MR) is 33.5 cm³/mol. The second-order valence-corrected chi connectivity index (χ2v) is 2.85. The van der Waals surface area contributed by atoms with Gasteiger partial charge in [-0.05, 0) is 20.8 Å². The van der Waals surface area contributed by atoms with Crippen molar-refractivity contribution in [2.75, 3.05) is 6.54 Å². The largest absolute Gasteiger partial charge is 0.401 e. The first-order valence-electron chi connectivity index (χ1n) is 2.88. The van der Waals surface area contributed by atoms with Gasteiger partial charge in [-0.2, -0.15) is 13.2 Å². The van der Waals surface area contributed by atoms with E-state index in [2.05, 4.69) is 12.2 Å². The Bertz CT molecular complexity index is 86.5. The van der Waals surface area contributed by atoms with Gasteiger partial charge < -0.3 is 5.32 Å². The highest BCUT2D eigenvalue weighted by molar-refractivity contribution is 4.80. The molecule has 0 aromatic heterocycles. The van der Waals surface area contributed by atoms with Gasteiger partial charge in [0.2, 0.25) is 0 Å². The molecule has 0 fully saturated rings. The molecule has 0 spiro atoms. The second kappa shape index (κ2) is 2.78. The minimum atomic E-state index is -4.14. The van der Waals surface area contributed by atoms with Crippen molar-refractivity contribution in [2.24, 2.45) is 0 Å². The molecule has 0 amide bonds. The number of nitrogens with one attached hydrogen (secondary N) is 1. The minimum Gasteiger partial charge on any atom is -0.304 e. The Kier molecular flexibility index (Phi) is 2.71. The van der Waals surface area contributed by atoms with Crippen LogP contribution in [0.25, 0.3) is 0 Å². The Labute approximate surface area is 58.6 Å². The van der Waals surface area contributed by atoms with E-state index in [1.165, 1.54) is 0 Å². The molecule has 0 atom stereocenters. The van der Waals surface area contributed by atoms with Crippen LogP contribution in [0.4, 0.5) is 13.2 Å².